The first kappa shape index (κ1) is 17.3. The normalized spacial score (nSPS) is 15.3. The van der Waals surface area contributed by atoms with Gasteiger partial charge >= 0.3 is 6.09 Å². The second-order valence-corrected chi connectivity index (χ2v) is 6.10. The smallest absolute Gasteiger partial charge is 0.409 e. The van der Waals surface area contributed by atoms with Gasteiger partial charge < -0.3 is 19.5 Å². The molecule has 0 atom stereocenters. The molecule has 1 aliphatic rings. The Morgan fingerprint density at radius 3 is 2.68 bits per heavy atom. The molecular formula is C18H24N4O3. The molecule has 2 heterocycles. The van der Waals surface area contributed by atoms with Gasteiger partial charge in [0.25, 0.3) is 5.91 Å². The predicted octanol–water partition coefficient (Wildman–Crippen LogP) is 2.43. The third-order valence-corrected chi connectivity index (χ3v) is 4.42. The van der Waals surface area contributed by atoms with Crippen LogP contribution >= 0.6 is 0 Å². The van der Waals surface area contributed by atoms with Gasteiger partial charge in [0.15, 0.2) is 0 Å². The van der Waals surface area contributed by atoms with Crippen molar-refractivity contribution in [1.29, 1.82) is 0 Å². The Bertz CT molecular complexity index is 771. The van der Waals surface area contributed by atoms with Crippen molar-refractivity contribution in [3.63, 3.8) is 0 Å². The average Bonchev–Trinajstić information content (AvgIpc) is 2.88. The maximum atomic E-state index is 12.8. The lowest BCUT2D eigenvalue weighted by Crippen LogP contribution is -2.37. The van der Waals surface area contributed by atoms with Crippen molar-refractivity contribution in [1.82, 2.24) is 19.8 Å². The van der Waals surface area contributed by atoms with Crippen LogP contribution in [0.5, 0.6) is 0 Å². The molecule has 1 aromatic heterocycles. The van der Waals surface area contributed by atoms with Gasteiger partial charge in [-0.2, -0.15) is 0 Å². The van der Waals surface area contributed by atoms with Crippen molar-refractivity contribution in [2.75, 3.05) is 32.8 Å². The van der Waals surface area contributed by atoms with Gasteiger partial charge in [-0.05, 0) is 31.5 Å². The minimum Gasteiger partial charge on any atom is -0.450 e. The second-order valence-electron chi connectivity index (χ2n) is 6.10. The van der Waals surface area contributed by atoms with E-state index in [1.165, 1.54) is 0 Å². The third-order valence-electron chi connectivity index (χ3n) is 4.42. The van der Waals surface area contributed by atoms with Crippen LogP contribution in [0.4, 0.5) is 4.79 Å². The van der Waals surface area contributed by atoms with Gasteiger partial charge in [0.1, 0.15) is 5.82 Å². The van der Waals surface area contributed by atoms with Crippen LogP contribution in [-0.2, 0) is 11.2 Å². The molecule has 1 aromatic carbocycles. The minimum atomic E-state index is -0.303. The average molecular weight is 344 g/mol. The van der Waals surface area contributed by atoms with Gasteiger partial charge in [-0.15, -0.1) is 0 Å². The molecule has 0 bridgehead atoms. The van der Waals surface area contributed by atoms with E-state index in [0.717, 1.165) is 29.7 Å². The van der Waals surface area contributed by atoms with Crippen molar-refractivity contribution < 1.29 is 14.3 Å². The lowest BCUT2D eigenvalue weighted by molar-refractivity contribution is 0.0753. The van der Waals surface area contributed by atoms with Crippen LogP contribution < -0.4 is 0 Å². The molecule has 134 valence electrons. The number of nitrogens with zero attached hydrogens (tertiary/aromatic N) is 3. The number of fused-ring (bicyclic) bond motifs is 1. The van der Waals surface area contributed by atoms with Crippen LogP contribution in [0.3, 0.4) is 0 Å². The summed E-state index contributed by atoms with van der Waals surface area (Å²) in [6, 6.07) is 5.55. The van der Waals surface area contributed by atoms with E-state index in [1.807, 2.05) is 25.1 Å². The highest BCUT2D eigenvalue weighted by Gasteiger charge is 2.23. The highest BCUT2D eigenvalue weighted by molar-refractivity contribution is 5.97. The minimum absolute atomic E-state index is 0.0137. The summed E-state index contributed by atoms with van der Waals surface area (Å²) < 4.78 is 5.05. The molecule has 0 aliphatic carbocycles. The van der Waals surface area contributed by atoms with Crippen LogP contribution in [0.25, 0.3) is 11.0 Å². The molecule has 2 amide bonds. The number of H-pyrrole nitrogens is 1. The summed E-state index contributed by atoms with van der Waals surface area (Å²) in [5.41, 5.74) is 2.40. The summed E-state index contributed by atoms with van der Waals surface area (Å²) >= 11 is 0. The van der Waals surface area contributed by atoms with Gasteiger partial charge in [0.05, 0.1) is 17.6 Å². The fraction of sp³-hybridized carbons (Fsp3) is 0.500. The number of aromatic nitrogens is 2. The first-order chi connectivity index (χ1) is 12.1. The monoisotopic (exact) mass is 344 g/mol. The second kappa shape index (κ2) is 7.55. The van der Waals surface area contributed by atoms with E-state index >= 15 is 0 Å². The van der Waals surface area contributed by atoms with Crippen LogP contribution in [0.2, 0.25) is 0 Å². The van der Waals surface area contributed by atoms with Gasteiger partial charge in [0.2, 0.25) is 0 Å². The van der Waals surface area contributed by atoms with Crippen molar-refractivity contribution in [2.45, 2.75) is 26.7 Å². The van der Waals surface area contributed by atoms with Crippen LogP contribution in [0.15, 0.2) is 18.2 Å². The first-order valence-electron chi connectivity index (χ1n) is 8.82. The number of benzene rings is 1. The van der Waals surface area contributed by atoms with Crippen molar-refractivity contribution >= 4 is 23.0 Å². The molecule has 1 saturated heterocycles. The number of carbonyl (C=O) groups is 2. The Morgan fingerprint density at radius 1 is 1.16 bits per heavy atom. The molecule has 0 unspecified atom stereocenters. The van der Waals surface area contributed by atoms with Crippen molar-refractivity contribution in [3.8, 4) is 0 Å². The summed E-state index contributed by atoms with van der Waals surface area (Å²) in [5.74, 6) is 0.903. The zero-order valence-electron chi connectivity index (χ0n) is 14.7. The molecule has 0 radical (unpaired) electrons. The number of rotatable bonds is 3. The van der Waals surface area contributed by atoms with E-state index in [0.29, 0.717) is 38.3 Å². The van der Waals surface area contributed by atoms with E-state index in [2.05, 4.69) is 9.97 Å². The van der Waals surface area contributed by atoms with Crippen molar-refractivity contribution in [2.24, 2.45) is 0 Å². The highest BCUT2D eigenvalue weighted by Crippen LogP contribution is 2.17. The molecule has 1 N–H and O–H groups in total. The SMILES string of the molecule is CCOC(=O)N1CCCN(C(=O)c2ccc3nc(CC)[nH]c3c2)CC1. The Kier molecular flexibility index (Phi) is 5.21. The topological polar surface area (TPSA) is 78.5 Å². The molecule has 1 aliphatic heterocycles. The summed E-state index contributed by atoms with van der Waals surface area (Å²) in [6.07, 6.45) is 1.27. The Balaban J connectivity index is 1.71. The number of imidazole rings is 1. The number of carbonyl (C=O) groups excluding carboxylic acids is 2. The maximum Gasteiger partial charge on any atom is 0.409 e. The summed E-state index contributed by atoms with van der Waals surface area (Å²) in [7, 11) is 0. The number of aryl methyl sites for hydroxylation is 1. The van der Waals surface area contributed by atoms with Crippen LogP contribution in [0, 0.1) is 0 Å². The predicted molar refractivity (Wildman–Crippen MR) is 94.6 cm³/mol. The Hall–Kier alpha value is -2.57. The lowest BCUT2D eigenvalue weighted by Gasteiger charge is -2.21. The fourth-order valence-corrected chi connectivity index (χ4v) is 3.06. The van der Waals surface area contributed by atoms with E-state index in [1.54, 1.807) is 16.7 Å². The third kappa shape index (κ3) is 3.75. The van der Waals surface area contributed by atoms with Crippen LogP contribution in [-0.4, -0.2) is 64.6 Å². The van der Waals surface area contributed by atoms with Gasteiger partial charge in [0, 0.05) is 38.2 Å². The van der Waals surface area contributed by atoms with E-state index in [4.69, 9.17) is 4.74 Å². The quantitative estimate of drug-likeness (QED) is 0.927. The number of ether oxygens (including phenoxy) is 1. The molecule has 7 nitrogen and oxygen atoms in total. The molecule has 1 fully saturated rings. The first-order valence-corrected chi connectivity index (χ1v) is 8.82. The zero-order valence-corrected chi connectivity index (χ0v) is 14.7. The van der Waals surface area contributed by atoms with Gasteiger partial charge in [-0.1, -0.05) is 6.92 Å². The Morgan fingerprint density at radius 2 is 1.92 bits per heavy atom. The number of hydrogen-bond donors (Lipinski definition) is 1. The lowest BCUT2D eigenvalue weighted by atomic mass is 10.1. The number of nitrogens with one attached hydrogen (secondary N) is 1. The van der Waals surface area contributed by atoms with E-state index in [-0.39, 0.29) is 12.0 Å². The molecule has 25 heavy (non-hydrogen) atoms. The van der Waals surface area contributed by atoms with Gasteiger partial charge in [-0.25, -0.2) is 9.78 Å². The standard InChI is InChI=1S/C18H24N4O3/c1-3-16-19-14-7-6-13(12-15(14)20-16)17(23)21-8-5-9-22(11-10-21)18(24)25-4-2/h6-7,12H,3-5,8-11H2,1-2H3,(H,19,20). The Labute approximate surface area is 147 Å². The fourth-order valence-electron chi connectivity index (χ4n) is 3.06. The molecule has 7 heteroatoms. The number of aromatic amines is 1. The molecule has 0 spiro atoms. The maximum absolute atomic E-state index is 12.8. The number of hydrogen-bond acceptors (Lipinski definition) is 4. The molecule has 2 aromatic rings. The highest BCUT2D eigenvalue weighted by atomic mass is 16.6. The molecule has 0 saturated carbocycles. The van der Waals surface area contributed by atoms with Crippen LogP contribution in [0.1, 0.15) is 36.5 Å². The van der Waals surface area contributed by atoms with Gasteiger partial charge in [-0.3, -0.25) is 4.79 Å². The summed E-state index contributed by atoms with van der Waals surface area (Å²) in [6.45, 7) is 6.45. The summed E-state index contributed by atoms with van der Waals surface area (Å²) in [5, 5.41) is 0. The largest absolute Gasteiger partial charge is 0.450 e. The summed E-state index contributed by atoms with van der Waals surface area (Å²) in [4.78, 5) is 35.9. The molecular weight excluding hydrogens is 320 g/mol. The zero-order chi connectivity index (χ0) is 17.8. The van der Waals surface area contributed by atoms with E-state index in [9.17, 15) is 9.59 Å². The molecule has 3 rings (SSSR count). The van der Waals surface area contributed by atoms with E-state index < -0.39 is 0 Å². The van der Waals surface area contributed by atoms with Crippen molar-refractivity contribution in [3.05, 3.63) is 29.6 Å². The number of amides is 2.